The van der Waals surface area contributed by atoms with E-state index in [1.165, 1.54) is 5.56 Å². The van der Waals surface area contributed by atoms with Crippen LogP contribution in [-0.2, 0) is 11.2 Å². The van der Waals surface area contributed by atoms with Crippen molar-refractivity contribution < 1.29 is 9.53 Å². The molecule has 0 saturated carbocycles. The van der Waals surface area contributed by atoms with Crippen molar-refractivity contribution in [3.63, 3.8) is 0 Å². The number of nitrogens with one attached hydrogen (secondary N) is 1. The maximum absolute atomic E-state index is 11.1. The summed E-state index contributed by atoms with van der Waals surface area (Å²) in [4.78, 5) is 11.1. The van der Waals surface area contributed by atoms with Crippen molar-refractivity contribution in [2.24, 2.45) is 5.92 Å². The van der Waals surface area contributed by atoms with Gasteiger partial charge in [0.15, 0.2) is 0 Å². The van der Waals surface area contributed by atoms with Gasteiger partial charge in [-0.25, -0.2) is 4.79 Å². The van der Waals surface area contributed by atoms with Gasteiger partial charge in [-0.05, 0) is 24.8 Å². The van der Waals surface area contributed by atoms with E-state index in [4.69, 9.17) is 4.74 Å². The van der Waals surface area contributed by atoms with Gasteiger partial charge in [0.1, 0.15) is 0 Å². The monoisotopic (exact) mass is 221 g/mol. The molecule has 0 aromatic heterocycles. The predicted octanol–water partition coefficient (Wildman–Crippen LogP) is 2.61. The Balaban J connectivity index is 2.26. The zero-order chi connectivity index (χ0) is 11.8. The van der Waals surface area contributed by atoms with Crippen LogP contribution >= 0.6 is 0 Å². The molecular weight excluding hydrogens is 202 g/mol. The summed E-state index contributed by atoms with van der Waals surface area (Å²) in [6, 6.07) is 10.3. The lowest BCUT2D eigenvalue weighted by molar-refractivity contribution is 0.150. The summed E-state index contributed by atoms with van der Waals surface area (Å²) >= 11 is 0. The molecule has 0 aliphatic rings. The third kappa shape index (κ3) is 4.82. The van der Waals surface area contributed by atoms with E-state index in [1.807, 2.05) is 18.2 Å². The lowest BCUT2D eigenvalue weighted by atomic mass is 10.0. The van der Waals surface area contributed by atoms with Crippen molar-refractivity contribution in [1.29, 1.82) is 0 Å². The van der Waals surface area contributed by atoms with Crippen LogP contribution in [0.4, 0.5) is 4.79 Å². The number of hydrogen-bond acceptors (Lipinski definition) is 2. The third-order valence-corrected chi connectivity index (χ3v) is 2.30. The van der Waals surface area contributed by atoms with Gasteiger partial charge >= 0.3 is 6.09 Å². The molecule has 0 saturated heterocycles. The second kappa shape index (κ2) is 6.88. The van der Waals surface area contributed by atoms with E-state index in [0.29, 0.717) is 19.1 Å². The minimum absolute atomic E-state index is 0.331. The average Bonchev–Trinajstić information content (AvgIpc) is 2.28. The van der Waals surface area contributed by atoms with Gasteiger partial charge in [0.05, 0.1) is 6.61 Å². The molecule has 1 rings (SSSR count). The zero-order valence-electron chi connectivity index (χ0n) is 9.90. The Morgan fingerprint density at radius 3 is 2.69 bits per heavy atom. The molecule has 0 aliphatic heterocycles. The minimum atomic E-state index is -0.331. The van der Waals surface area contributed by atoms with Crippen molar-refractivity contribution in [2.45, 2.75) is 20.3 Å². The Hall–Kier alpha value is -1.51. The van der Waals surface area contributed by atoms with E-state index in [9.17, 15) is 4.79 Å². The molecule has 0 radical (unpaired) electrons. The standard InChI is InChI=1S/C13H19NO2/c1-3-16-13(15)14-10-11(2)9-12-7-5-4-6-8-12/h4-8,11H,3,9-10H2,1-2H3,(H,14,15). The lowest BCUT2D eigenvalue weighted by Crippen LogP contribution is -2.29. The fraction of sp³-hybridized carbons (Fsp3) is 0.462. The van der Waals surface area contributed by atoms with E-state index in [2.05, 4.69) is 24.4 Å². The first-order valence-corrected chi connectivity index (χ1v) is 5.67. The van der Waals surface area contributed by atoms with Crippen LogP contribution in [0.3, 0.4) is 0 Å². The Labute approximate surface area is 96.8 Å². The van der Waals surface area contributed by atoms with E-state index >= 15 is 0 Å². The van der Waals surface area contributed by atoms with Crippen molar-refractivity contribution in [2.75, 3.05) is 13.2 Å². The number of alkyl carbamates (subject to hydrolysis) is 1. The second-order valence-corrected chi connectivity index (χ2v) is 3.90. The van der Waals surface area contributed by atoms with Crippen molar-refractivity contribution in [1.82, 2.24) is 5.32 Å². The quantitative estimate of drug-likeness (QED) is 0.830. The lowest BCUT2D eigenvalue weighted by Gasteiger charge is -2.12. The first-order valence-electron chi connectivity index (χ1n) is 5.67. The van der Waals surface area contributed by atoms with E-state index in [0.717, 1.165) is 6.42 Å². The Kier molecular flexibility index (Phi) is 5.40. The summed E-state index contributed by atoms with van der Waals surface area (Å²) in [6.07, 6.45) is 0.634. The normalized spacial score (nSPS) is 11.9. The molecule has 1 atom stereocenters. The smallest absolute Gasteiger partial charge is 0.407 e. The first kappa shape index (κ1) is 12.6. The molecular formula is C13H19NO2. The summed E-state index contributed by atoms with van der Waals surface area (Å²) in [7, 11) is 0. The Bertz CT molecular complexity index is 311. The van der Waals surface area contributed by atoms with Crippen LogP contribution < -0.4 is 5.32 Å². The summed E-state index contributed by atoms with van der Waals surface area (Å²) in [6.45, 7) is 4.97. The van der Waals surface area contributed by atoms with Crippen LogP contribution in [-0.4, -0.2) is 19.2 Å². The van der Waals surface area contributed by atoms with Crippen molar-refractivity contribution in [3.05, 3.63) is 35.9 Å². The predicted molar refractivity (Wildman–Crippen MR) is 64.3 cm³/mol. The summed E-state index contributed by atoms with van der Waals surface area (Å²) in [5.74, 6) is 0.409. The fourth-order valence-corrected chi connectivity index (χ4v) is 1.53. The Morgan fingerprint density at radius 2 is 2.06 bits per heavy atom. The molecule has 1 unspecified atom stereocenters. The minimum Gasteiger partial charge on any atom is -0.450 e. The summed E-state index contributed by atoms with van der Waals surface area (Å²) in [5, 5.41) is 2.74. The van der Waals surface area contributed by atoms with Crippen LogP contribution in [0.1, 0.15) is 19.4 Å². The topological polar surface area (TPSA) is 38.3 Å². The van der Waals surface area contributed by atoms with Gasteiger partial charge in [0, 0.05) is 6.54 Å². The van der Waals surface area contributed by atoms with Gasteiger partial charge in [0.25, 0.3) is 0 Å². The van der Waals surface area contributed by atoms with Crippen molar-refractivity contribution in [3.8, 4) is 0 Å². The highest BCUT2D eigenvalue weighted by Crippen LogP contribution is 2.07. The molecule has 1 N–H and O–H groups in total. The third-order valence-electron chi connectivity index (χ3n) is 2.30. The van der Waals surface area contributed by atoms with Crippen LogP contribution in [0.2, 0.25) is 0 Å². The van der Waals surface area contributed by atoms with E-state index < -0.39 is 0 Å². The van der Waals surface area contributed by atoms with Crippen LogP contribution in [0.25, 0.3) is 0 Å². The number of carbonyl (C=O) groups is 1. The number of benzene rings is 1. The average molecular weight is 221 g/mol. The molecule has 0 heterocycles. The molecule has 16 heavy (non-hydrogen) atoms. The molecule has 3 heteroatoms. The second-order valence-electron chi connectivity index (χ2n) is 3.90. The maximum atomic E-state index is 11.1. The number of rotatable bonds is 5. The number of carbonyl (C=O) groups excluding carboxylic acids is 1. The molecule has 1 aromatic carbocycles. The molecule has 0 spiro atoms. The van der Waals surface area contributed by atoms with Crippen molar-refractivity contribution >= 4 is 6.09 Å². The maximum Gasteiger partial charge on any atom is 0.407 e. The molecule has 0 fully saturated rings. The SMILES string of the molecule is CCOC(=O)NCC(C)Cc1ccccc1. The number of amides is 1. The van der Waals surface area contributed by atoms with Gasteiger partial charge < -0.3 is 10.1 Å². The number of ether oxygens (including phenoxy) is 1. The van der Waals surface area contributed by atoms with Gasteiger partial charge in [-0.15, -0.1) is 0 Å². The van der Waals surface area contributed by atoms with E-state index in [-0.39, 0.29) is 6.09 Å². The van der Waals surface area contributed by atoms with Gasteiger partial charge in [-0.2, -0.15) is 0 Å². The molecule has 0 aliphatic carbocycles. The number of hydrogen-bond donors (Lipinski definition) is 1. The Morgan fingerprint density at radius 1 is 1.38 bits per heavy atom. The molecule has 0 bridgehead atoms. The van der Waals surface area contributed by atoms with Gasteiger partial charge in [0.2, 0.25) is 0 Å². The zero-order valence-corrected chi connectivity index (χ0v) is 9.90. The first-order chi connectivity index (χ1) is 7.72. The van der Waals surface area contributed by atoms with Crippen LogP contribution in [0.5, 0.6) is 0 Å². The summed E-state index contributed by atoms with van der Waals surface area (Å²) in [5.41, 5.74) is 1.29. The van der Waals surface area contributed by atoms with Crippen LogP contribution in [0, 0.1) is 5.92 Å². The molecule has 1 aromatic rings. The largest absolute Gasteiger partial charge is 0.450 e. The molecule has 1 amide bonds. The van der Waals surface area contributed by atoms with Gasteiger partial charge in [-0.3, -0.25) is 0 Å². The highest BCUT2D eigenvalue weighted by Gasteiger charge is 2.06. The highest BCUT2D eigenvalue weighted by molar-refractivity contribution is 5.66. The molecule has 3 nitrogen and oxygen atoms in total. The summed E-state index contributed by atoms with van der Waals surface area (Å²) < 4.78 is 4.79. The van der Waals surface area contributed by atoms with Gasteiger partial charge in [-0.1, -0.05) is 37.3 Å². The highest BCUT2D eigenvalue weighted by atomic mass is 16.5. The van der Waals surface area contributed by atoms with Crippen LogP contribution in [0.15, 0.2) is 30.3 Å². The molecule has 88 valence electrons. The fourth-order valence-electron chi connectivity index (χ4n) is 1.53. The van der Waals surface area contributed by atoms with E-state index in [1.54, 1.807) is 6.92 Å².